The second kappa shape index (κ2) is 8.98. The Morgan fingerprint density at radius 2 is 1.67 bits per heavy atom. The van der Waals surface area contributed by atoms with Crippen LogP contribution in [0.1, 0.15) is 53.9 Å². The average Bonchev–Trinajstić information content (AvgIpc) is 2.85. The van der Waals surface area contributed by atoms with E-state index in [-0.39, 0.29) is 11.5 Å². The van der Waals surface area contributed by atoms with Crippen molar-refractivity contribution in [1.82, 2.24) is 9.97 Å². The Hall–Kier alpha value is -3.80. The number of carbonyl (C=O) groups excluding carboxylic acids is 1. The molecule has 3 aromatic carbocycles. The van der Waals surface area contributed by atoms with Crippen LogP contribution >= 0.6 is 0 Å². The molecule has 166 valence electrons. The Morgan fingerprint density at radius 1 is 0.939 bits per heavy atom. The summed E-state index contributed by atoms with van der Waals surface area (Å²) in [6.07, 6.45) is 7.95. The number of halogens is 1. The van der Waals surface area contributed by atoms with Gasteiger partial charge in [0, 0.05) is 17.3 Å². The number of nitrogens with two attached hydrogens (primary N) is 1. The molecule has 0 saturated heterocycles. The number of nitrogen functional groups attached to an aromatic ring is 1. The van der Waals surface area contributed by atoms with Gasteiger partial charge in [-0.05, 0) is 71.8 Å². The lowest BCUT2D eigenvalue weighted by atomic mass is 9.84. The number of fused-ring (bicyclic) bond motifs is 1. The second-order valence-electron chi connectivity index (χ2n) is 8.61. The maximum absolute atomic E-state index is 14.5. The first-order valence-corrected chi connectivity index (χ1v) is 11.3. The molecule has 3 N–H and O–H groups in total. The number of carbonyl (C=O) groups is 1. The number of hydrogen-bond donors (Lipinski definition) is 2. The van der Waals surface area contributed by atoms with E-state index in [2.05, 4.69) is 27.4 Å². The zero-order valence-corrected chi connectivity index (χ0v) is 18.2. The Morgan fingerprint density at radius 3 is 2.45 bits per heavy atom. The quantitative estimate of drug-likeness (QED) is 0.389. The maximum atomic E-state index is 14.5. The summed E-state index contributed by atoms with van der Waals surface area (Å²) in [5.74, 6) is -0.229. The minimum Gasteiger partial charge on any atom is -0.368 e. The van der Waals surface area contributed by atoms with E-state index in [0.717, 1.165) is 22.0 Å². The van der Waals surface area contributed by atoms with Crippen LogP contribution in [0.3, 0.4) is 0 Å². The molecule has 33 heavy (non-hydrogen) atoms. The van der Waals surface area contributed by atoms with E-state index >= 15 is 0 Å². The molecule has 0 bridgehead atoms. The van der Waals surface area contributed by atoms with Crippen LogP contribution in [-0.4, -0.2) is 15.9 Å². The fraction of sp³-hybridized carbons (Fsp3) is 0.222. The fourth-order valence-corrected chi connectivity index (χ4v) is 4.58. The van der Waals surface area contributed by atoms with Crippen LogP contribution in [0, 0.1) is 5.82 Å². The summed E-state index contributed by atoms with van der Waals surface area (Å²) < 4.78 is 14.5. The summed E-state index contributed by atoms with van der Waals surface area (Å²) in [7, 11) is 0. The molecule has 1 fully saturated rings. The molecule has 1 aliphatic carbocycles. The molecule has 4 aromatic rings. The Kier molecular flexibility index (Phi) is 5.73. The average molecular weight is 441 g/mol. The lowest BCUT2D eigenvalue weighted by molar-refractivity contribution is 0.102. The van der Waals surface area contributed by atoms with Crippen molar-refractivity contribution in [2.75, 3.05) is 11.1 Å². The van der Waals surface area contributed by atoms with Crippen LogP contribution in [0.4, 0.5) is 16.0 Å². The zero-order valence-electron chi connectivity index (χ0n) is 18.2. The maximum Gasteiger partial charge on any atom is 0.258 e. The molecule has 5 rings (SSSR count). The van der Waals surface area contributed by atoms with Gasteiger partial charge >= 0.3 is 0 Å². The number of aromatic nitrogens is 2. The monoisotopic (exact) mass is 440 g/mol. The molecule has 5 nitrogen and oxygen atoms in total. The molecule has 1 amide bonds. The van der Waals surface area contributed by atoms with Crippen molar-refractivity contribution >= 4 is 28.4 Å². The Balaban J connectivity index is 1.36. The van der Waals surface area contributed by atoms with Crippen molar-refractivity contribution < 1.29 is 9.18 Å². The predicted molar refractivity (Wildman–Crippen MR) is 130 cm³/mol. The fourth-order valence-electron chi connectivity index (χ4n) is 4.58. The van der Waals surface area contributed by atoms with Crippen LogP contribution < -0.4 is 11.1 Å². The van der Waals surface area contributed by atoms with E-state index in [0.29, 0.717) is 11.6 Å². The lowest BCUT2D eigenvalue weighted by Gasteiger charge is -2.22. The summed E-state index contributed by atoms with van der Waals surface area (Å²) >= 11 is 0. The number of hydrogen-bond acceptors (Lipinski definition) is 4. The predicted octanol–water partition coefficient (Wildman–Crippen LogP) is 6.32. The van der Waals surface area contributed by atoms with Crippen LogP contribution in [0.5, 0.6) is 0 Å². The number of nitrogens with one attached hydrogen (secondary N) is 1. The second-order valence-corrected chi connectivity index (χ2v) is 8.61. The highest BCUT2D eigenvalue weighted by Gasteiger charge is 2.17. The van der Waals surface area contributed by atoms with Crippen molar-refractivity contribution in [3.8, 4) is 11.1 Å². The smallest absolute Gasteiger partial charge is 0.258 e. The molecule has 0 aliphatic heterocycles. The molecule has 1 heterocycles. The van der Waals surface area contributed by atoms with Crippen molar-refractivity contribution in [3.63, 3.8) is 0 Å². The molecule has 0 spiro atoms. The largest absolute Gasteiger partial charge is 0.368 e. The van der Waals surface area contributed by atoms with Gasteiger partial charge < -0.3 is 11.1 Å². The molecule has 1 aromatic heterocycles. The Labute approximate surface area is 191 Å². The van der Waals surface area contributed by atoms with Gasteiger partial charge in [-0.2, -0.15) is 0 Å². The van der Waals surface area contributed by atoms with Gasteiger partial charge in [0.25, 0.3) is 5.91 Å². The van der Waals surface area contributed by atoms with Gasteiger partial charge in [0.1, 0.15) is 5.82 Å². The minimum atomic E-state index is -0.563. The molecule has 1 saturated carbocycles. The van der Waals surface area contributed by atoms with Gasteiger partial charge in [0.05, 0.1) is 11.1 Å². The molecule has 6 heteroatoms. The summed E-state index contributed by atoms with van der Waals surface area (Å²) in [5.41, 5.74) is 9.90. The van der Waals surface area contributed by atoms with Gasteiger partial charge in [0.2, 0.25) is 5.95 Å². The molecule has 0 atom stereocenters. The zero-order chi connectivity index (χ0) is 22.8. The first-order valence-electron chi connectivity index (χ1n) is 11.3. The van der Waals surface area contributed by atoms with Gasteiger partial charge in [-0.1, -0.05) is 43.5 Å². The molecule has 0 unspecified atom stereocenters. The van der Waals surface area contributed by atoms with E-state index in [1.54, 1.807) is 18.3 Å². The van der Waals surface area contributed by atoms with Crippen LogP contribution in [0.2, 0.25) is 0 Å². The summed E-state index contributed by atoms with van der Waals surface area (Å²) in [4.78, 5) is 21.1. The molecular formula is C27H25FN4O. The van der Waals surface area contributed by atoms with Crippen LogP contribution in [0.25, 0.3) is 22.0 Å². The molecule has 1 aliphatic rings. The topological polar surface area (TPSA) is 80.9 Å². The van der Waals surface area contributed by atoms with E-state index in [9.17, 15) is 9.18 Å². The van der Waals surface area contributed by atoms with E-state index in [1.807, 2.05) is 30.3 Å². The van der Waals surface area contributed by atoms with E-state index in [4.69, 9.17) is 5.73 Å². The molecule has 0 radical (unpaired) electrons. The number of rotatable bonds is 4. The van der Waals surface area contributed by atoms with Gasteiger partial charge in [-0.25, -0.2) is 14.4 Å². The summed E-state index contributed by atoms with van der Waals surface area (Å²) in [6.45, 7) is 0. The summed E-state index contributed by atoms with van der Waals surface area (Å²) in [6, 6.07) is 18.1. The van der Waals surface area contributed by atoms with Gasteiger partial charge in [-0.15, -0.1) is 0 Å². The third kappa shape index (κ3) is 4.55. The number of anilines is 2. The molecular weight excluding hydrogens is 415 g/mol. The first kappa shape index (κ1) is 21.1. The van der Waals surface area contributed by atoms with E-state index < -0.39 is 11.7 Å². The highest BCUT2D eigenvalue weighted by Crippen LogP contribution is 2.33. The van der Waals surface area contributed by atoms with Crippen molar-refractivity contribution in [2.24, 2.45) is 0 Å². The van der Waals surface area contributed by atoms with Gasteiger partial charge in [0.15, 0.2) is 0 Å². The first-order chi connectivity index (χ1) is 16.1. The number of nitrogens with zero attached hydrogens (tertiary/aromatic N) is 2. The normalized spacial score (nSPS) is 14.3. The third-order valence-electron chi connectivity index (χ3n) is 6.39. The third-order valence-corrected chi connectivity index (χ3v) is 6.39. The van der Waals surface area contributed by atoms with Gasteiger partial charge in [-0.3, -0.25) is 4.79 Å². The van der Waals surface area contributed by atoms with Crippen molar-refractivity contribution in [1.29, 1.82) is 0 Å². The highest BCUT2D eigenvalue weighted by molar-refractivity contribution is 6.05. The summed E-state index contributed by atoms with van der Waals surface area (Å²) in [5, 5.41) is 3.65. The highest BCUT2D eigenvalue weighted by atomic mass is 19.1. The Bertz CT molecular complexity index is 1310. The SMILES string of the molecule is Nc1ncc2cc(-c3ccc(F)c(C(=O)Nc4ccc(C5CCCCC5)cc4)c3)ccc2n1. The lowest BCUT2D eigenvalue weighted by Crippen LogP contribution is -2.14. The van der Waals surface area contributed by atoms with Crippen LogP contribution in [-0.2, 0) is 0 Å². The standard InChI is InChI=1S/C27H25FN4O/c28-24-12-8-20(19-9-13-25-21(14-19)16-30-27(29)32-25)15-23(24)26(33)31-22-10-6-18(7-11-22)17-4-2-1-3-5-17/h6-17H,1-5H2,(H,31,33)(H2,29,30,32). The number of benzene rings is 3. The number of amides is 1. The van der Waals surface area contributed by atoms with Crippen molar-refractivity contribution in [3.05, 3.63) is 83.8 Å². The van der Waals surface area contributed by atoms with Crippen LogP contribution in [0.15, 0.2) is 66.9 Å². The minimum absolute atomic E-state index is 0.00231. The van der Waals surface area contributed by atoms with Crippen molar-refractivity contribution in [2.45, 2.75) is 38.0 Å². The van der Waals surface area contributed by atoms with E-state index in [1.165, 1.54) is 43.7 Å².